The molecule has 0 aromatic carbocycles. The predicted molar refractivity (Wildman–Crippen MR) is 151 cm³/mol. The molecule has 4 rings (SSSR count). The molecule has 4 saturated heterocycles. The highest BCUT2D eigenvalue weighted by Crippen LogP contribution is 2.43. The molecule has 12 heteroatoms. The molecule has 0 spiro atoms. The number of ether oxygens (including phenoxy) is 8. The predicted octanol–water partition coefficient (Wildman–Crippen LogP) is 2.77. The van der Waals surface area contributed by atoms with Gasteiger partial charge in [-0.1, -0.05) is 41.5 Å². The minimum Gasteiger partial charge on any atom is -0.373 e. The van der Waals surface area contributed by atoms with Gasteiger partial charge in [0.2, 0.25) is 12.1 Å². The van der Waals surface area contributed by atoms with Crippen LogP contribution < -0.4 is 0 Å². The molecule has 4 bridgehead atoms. The third kappa shape index (κ3) is 9.51. The first kappa shape index (κ1) is 36.0. The number of hydrogen-bond donors (Lipinski definition) is 4. The summed E-state index contributed by atoms with van der Waals surface area (Å²) in [7, 11) is 0. The SMILES string of the molecule is CC(C)(C)CC1OC(COC(C)(C)C)C2(O)OC(O)C1O2.CC(C)(C)CC1OC(COC(C)(C)C)C2(O)OC1OC2O. The summed E-state index contributed by atoms with van der Waals surface area (Å²) in [6, 6.07) is 0. The van der Waals surface area contributed by atoms with E-state index in [9.17, 15) is 20.4 Å². The van der Waals surface area contributed by atoms with Gasteiger partial charge in [-0.2, -0.15) is 0 Å². The lowest BCUT2D eigenvalue weighted by Gasteiger charge is -2.41. The normalized spacial score (nSPS) is 40.6. The standard InChI is InChI=1S/2C15H28O6/c1-13(2,3)7-9-11-20-12(16)15(17,21-11)10(19-9)8-18-14(4,5)6;1-13(2,3)7-9-11-12(16)21-15(17,20-11)10(19-9)8-18-14(4,5)6/h2*9-12,16-17H,7-8H2,1-6H3. The van der Waals surface area contributed by atoms with Crippen LogP contribution in [0.1, 0.15) is 95.9 Å². The zero-order chi connectivity index (χ0) is 32.1. The maximum Gasteiger partial charge on any atom is 0.313 e. The maximum absolute atomic E-state index is 10.5. The number of aliphatic hydroxyl groups is 4. The molecule has 0 aromatic rings. The molecule has 10 atom stereocenters. The minimum atomic E-state index is -1.94. The van der Waals surface area contributed by atoms with Gasteiger partial charge in [-0.3, -0.25) is 4.74 Å². The van der Waals surface area contributed by atoms with Gasteiger partial charge >= 0.3 is 5.97 Å². The fourth-order valence-electron chi connectivity index (χ4n) is 5.04. The van der Waals surface area contributed by atoms with Crippen molar-refractivity contribution >= 4 is 0 Å². The number of fused-ring (bicyclic) bond motifs is 4. The second kappa shape index (κ2) is 12.4. The van der Waals surface area contributed by atoms with Crippen LogP contribution >= 0.6 is 0 Å². The Morgan fingerprint density at radius 2 is 1.10 bits per heavy atom. The molecule has 0 radical (unpaired) electrons. The summed E-state index contributed by atoms with van der Waals surface area (Å²) in [6.45, 7) is 24.2. The Kier molecular flexibility index (Phi) is 10.6. The Bertz CT molecular complexity index is 887. The Morgan fingerprint density at radius 1 is 0.619 bits per heavy atom. The van der Waals surface area contributed by atoms with Crippen LogP contribution in [0, 0.1) is 10.8 Å². The lowest BCUT2D eigenvalue weighted by Crippen LogP contribution is -2.59. The first-order valence-electron chi connectivity index (χ1n) is 14.9. The summed E-state index contributed by atoms with van der Waals surface area (Å²) in [5, 5.41) is 40.7. The van der Waals surface area contributed by atoms with E-state index in [1.165, 1.54) is 0 Å². The molecule has 4 aliphatic rings. The molecule has 42 heavy (non-hydrogen) atoms. The van der Waals surface area contributed by atoms with E-state index in [-0.39, 0.29) is 47.5 Å². The zero-order valence-corrected chi connectivity index (χ0v) is 27.5. The summed E-state index contributed by atoms with van der Waals surface area (Å²) < 4.78 is 44.7. The number of rotatable bonds is 6. The summed E-state index contributed by atoms with van der Waals surface area (Å²) in [5.74, 6) is -3.81. The molecule has 4 heterocycles. The molecule has 0 amide bonds. The van der Waals surface area contributed by atoms with E-state index < -0.39 is 48.9 Å². The van der Waals surface area contributed by atoms with E-state index in [2.05, 4.69) is 41.5 Å². The van der Waals surface area contributed by atoms with E-state index in [4.69, 9.17) is 37.9 Å². The third-order valence-electron chi connectivity index (χ3n) is 6.98. The van der Waals surface area contributed by atoms with Crippen LogP contribution in [-0.4, -0.2) is 106 Å². The molecule has 0 saturated carbocycles. The van der Waals surface area contributed by atoms with Gasteiger partial charge in [0.05, 0.1) is 30.5 Å². The van der Waals surface area contributed by atoms with Crippen LogP contribution in [-0.2, 0) is 37.9 Å². The van der Waals surface area contributed by atoms with Crippen molar-refractivity contribution in [3.8, 4) is 0 Å². The maximum atomic E-state index is 10.5. The molecular weight excluding hydrogens is 552 g/mol. The summed E-state index contributed by atoms with van der Waals surface area (Å²) in [6.07, 6.45) is -4.98. The molecule has 4 fully saturated rings. The molecule has 0 aliphatic carbocycles. The van der Waals surface area contributed by atoms with Crippen molar-refractivity contribution in [3.05, 3.63) is 0 Å². The first-order chi connectivity index (χ1) is 18.8. The van der Waals surface area contributed by atoms with Crippen molar-refractivity contribution in [3.63, 3.8) is 0 Å². The van der Waals surface area contributed by atoms with Gasteiger partial charge in [0, 0.05) is 0 Å². The van der Waals surface area contributed by atoms with Crippen molar-refractivity contribution in [1.82, 2.24) is 0 Å². The van der Waals surface area contributed by atoms with Crippen LogP contribution in [0.15, 0.2) is 0 Å². The van der Waals surface area contributed by atoms with E-state index in [0.29, 0.717) is 12.8 Å². The van der Waals surface area contributed by atoms with Gasteiger partial charge in [0.1, 0.15) is 18.3 Å². The van der Waals surface area contributed by atoms with Gasteiger partial charge in [-0.05, 0) is 65.2 Å². The monoisotopic (exact) mass is 608 g/mol. The van der Waals surface area contributed by atoms with Crippen LogP contribution in [0.4, 0.5) is 0 Å². The highest BCUT2D eigenvalue weighted by atomic mass is 16.9. The summed E-state index contributed by atoms with van der Waals surface area (Å²) in [5.41, 5.74) is -0.731. The summed E-state index contributed by atoms with van der Waals surface area (Å²) in [4.78, 5) is 0. The van der Waals surface area contributed by atoms with Gasteiger partial charge in [0.25, 0.3) is 0 Å². The fourth-order valence-corrected chi connectivity index (χ4v) is 5.04. The molecule has 4 N–H and O–H groups in total. The van der Waals surface area contributed by atoms with Gasteiger partial charge in [-0.15, -0.1) is 0 Å². The van der Waals surface area contributed by atoms with Crippen molar-refractivity contribution < 1.29 is 58.3 Å². The van der Waals surface area contributed by atoms with Crippen molar-refractivity contribution in [2.45, 2.75) is 168 Å². The number of hydrogen-bond acceptors (Lipinski definition) is 12. The van der Waals surface area contributed by atoms with E-state index >= 15 is 0 Å². The Morgan fingerprint density at radius 3 is 1.60 bits per heavy atom. The Balaban J connectivity index is 0.000000230. The Hall–Kier alpha value is -0.480. The topological polar surface area (TPSA) is 155 Å². The quantitative estimate of drug-likeness (QED) is 0.350. The Labute approximate surface area is 250 Å². The molecule has 4 aliphatic heterocycles. The van der Waals surface area contributed by atoms with Crippen molar-refractivity contribution in [2.24, 2.45) is 10.8 Å². The second-order valence-electron chi connectivity index (χ2n) is 16.2. The van der Waals surface area contributed by atoms with E-state index in [1.54, 1.807) is 0 Å². The van der Waals surface area contributed by atoms with Gasteiger partial charge in [-0.25, -0.2) is 0 Å². The van der Waals surface area contributed by atoms with Gasteiger partial charge in [0.15, 0.2) is 18.7 Å². The average Bonchev–Trinajstić information content (AvgIpc) is 3.19. The highest BCUT2D eigenvalue weighted by molar-refractivity contribution is 4.95. The van der Waals surface area contributed by atoms with Gasteiger partial charge < -0.3 is 53.6 Å². The lowest BCUT2D eigenvalue weighted by molar-refractivity contribution is -0.405. The van der Waals surface area contributed by atoms with Crippen LogP contribution in [0.2, 0.25) is 0 Å². The first-order valence-corrected chi connectivity index (χ1v) is 14.9. The largest absolute Gasteiger partial charge is 0.373 e. The van der Waals surface area contributed by atoms with Crippen LogP contribution in [0.25, 0.3) is 0 Å². The fraction of sp³-hybridized carbons (Fsp3) is 1.00. The smallest absolute Gasteiger partial charge is 0.313 e. The summed E-state index contributed by atoms with van der Waals surface area (Å²) >= 11 is 0. The van der Waals surface area contributed by atoms with E-state index in [1.807, 2.05) is 41.5 Å². The lowest BCUT2D eigenvalue weighted by atomic mass is 9.87. The molecule has 12 nitrogen and oxygen atoms in total. The molecule has 10 unspecified atom stereocenters. The van der Waals surface area contributed by atoms with Crippen LogP contribution in [0.5, 0.6) is 0 Å². The minimum absolute atomic E-state index is 0.00122. The van der Waals surface area contributed by atoms with Crippen molar-refractivity contribution in [1.29, 1.82) is 0 Å². The average molecular weight is 609 g/mol. The molecule has 0 aromatic heterocycles. The molecular formula is C30H56O12. The number of aliphatic hydroxyl groups excluding tert-OH is 2. The zero-order valence-electron chi connectivity index (χ0n) is 27.5. The molecule has 248 valence electrons. The van der Waals surface area contributed by atoms with Crippen LogP contribution in [0.3, 0.4) is 0 Å². The second-order valence-corrected chi connectivity index (χ2v) is 16.2. The van der Waals surface area contributed by atoms with Crippen molar-refractivity contribution in [2.75, 3.05) is 13.2 Å². The van der Waals surface area contributed by atoms with E-state index in [0.717, 1.165) is 0 Å². The highest BCUT2D eigenvalue weighted by Gasteiger charge is 2.62. The third-order valence-corrected chi connectivity index (χ3v) is 6.98.